The second-order valence-corrected chi connectivity index (χ2v) is 38.8. The van der Waals surface area contributed by atoms with Crippen LogP contribution in [0.2, 0.25) is 4.47 Å². The number of aromatic nitrogens is 7. The molecule has 0 unspecified atom stereocenters. The van der Waals surface area contributed by atoms with Crippen LogP contribution in [0.3, 0.4) is 0 Å². The second-order valence-electron chi connectivity index (χ2n) is 35.2. The average molecular weight is 1900 g/mol. The van der Waals surface area contributed by atoms with Crippen molar-refractivity contribution in [3.8, 4) is 74.5 Å². The summed E-state index contributed by atoms with van der Waals surface area (Å²) in [5, 5.41) is 28.8. The van der Waals surface area contributed by atoms with Gasteiger partial charge in [0.2, 0.25) is 0 Å². The normalized spacial score (nSPS) is 16.6. The molecule has 5 aromatic heterocycles. The van der Waals surface area contributed by atoms with Crippen molar-refractivity contribution in [1.29, 1.82) is 5.26 Å². The number of hydrogen-bond acceptors (Lipinski definition) is 19. The number of nitrogens with zero attached hydrogens (tertiary/aromatic N) is 12. The molecule has 0 atom stereocenters. The van der Waals surface area contributed by atoms with Crippen LogP contribution in [-0.4, -0.2) is 169 Å². The van der Waals surface area contributed by atoms with E-state index in [9.17, 15) is 69.1 Å². The molecule has 0 saturated carbocycles. The van der Waals surface area contributed by atoms with Crippen molar-refractivity contribution in [2.75, 3.05) is 72.3 Å². The third-order valence-electron chi connectivity index (χ3n) is 26.3. The highest BCUT2D eigenvalue weighted by molar-refractivity contribution is 7.90. The van der Waals surface area contributed by atoms with E-state index in [1.807, 2.05) is 123 Å². The van der Waals surface area contributed by atoms with Crippen molar-refractivity contribution in [3.05, 3.63) is 284 Å². The number of hydrogen-bond donors (Lipinski definition) is 1. The Morgan fingerprint density at radius 2 is 0.948 bits per heavy atom. The fourth-order valence-electron chi connectivity index (χ4n) is 19.4. The van der Waals surface area contributed by atoms with E-state index >= 15 is 0 Å². The van der Waals surface area contributed by atoms with Crippen molar-refractivity contribution in [3.63, 3.8) is 0 Å². The minimum atomic E-state index is -4.94. The molecule has 21 rings (SSSR count). The van der Waals surface area contributed by atoms with Gasteiger partial charge in [-0.15, -0.1) is 11.3 Å². The molecular weight excluding hydrogens is 1810 g/mol. The van der Waals surface area contributed by atoms with Crippen LogP contribution >= 0.6 is 22.9 Å². The number of methoxy groups -OCH3 is 1. The molecule has 8 aliphatic rings. The third kappa shape index (κ3) is 17.2. The first-order valence-corrected chi connectivity index (χ1v) is 46.9. The van der Waals surface area contributed by atoms with Crippen LogP contribution in [0.5, 0.6) is 34.5 Å². The van der Waals surface area contributed by atoms with Crippen LogP contribution in [0.1, 0.15) is 160 Å². The van der Waals surface area contributed by atoms with Gasteiger partial charge >= 0.3 is 12.4 Å². The van der Waals surface area contributed by atoms with E-state index in [-0.39, 0.29) is 50.2 Å². The first-order valence-electron chi connectivity index (χ1n) is 43.8. The Morgan fingerprint density at radius 3 is 1.42 bits per heavy atom. The SMILES string of the molecule is COc1cc(C(=O)N2CCC3(CC2)Oc2ccccc2-c2c3cnn2C)ccc1OCC(C)=O.CS(=O)(=O)c1ccc(C(=O)N2CCC3(CC2)Oc2ccccc2-n2c(C#N)ccc23)cc1C(F)(F)F.Cn1ncc2c1-c1ccccc1OC21CCN(C(=O)c2ccc(C(C)(C)O)cc2)CC1.O=C(c1ccc2nc(Cl)sc2c1)N1CCC2(CC1)Oc1ccccc1-n1c(C(F)(F)F)ccc12.[HH]. The van der Waals surface area contributed by atoms with Crippen molar-refractivity contribution < 1.29 is 93.7 Å². The van der Waals surface area contributed by atoms with Gasteiger partial charge in [-0.3, -0.25) is 37.9 Å². The molecule has 698 valence electrons. The zero-order chi connectivity index (χ0) is 95.2. The van der Waals surface area contributed by atoms with Gasteiger partial charge < -0.3 is 57.7 Å². The summed E-state index contributed by atoms with van der Waals surface area (Å²) in [5.74, 6) is 2.68. The molecule has 135 heavy (non-hydrogen) atoms. The topological polar surface area (TPSA) is 290 Å². The number of carbonyl (C=O) groups is 5. The Kier molecular flexibility index (Phi) is 24.0. The number of ether oxygens (including phenoxy) is 6. The lowest BCUT2D eigenvalue weighted by molar-refractivity contribution is -0.143. The quantitative estimate of drug-likeness (QED) is 0.124. The van der Waals surface area contributed by atoms with Gasteiger partial charge in [0.25, 0.3) is 23.6 Å². The Balaban J connectivity index is 0.000000126. The fourth-order valence-corrected chi connectivity index (χ4v) is 21.4. The highest BCUT2D eigenvalue weighted by Gasteiger charge is 2.52. The molecule has 1 N–H and O–H groups in total. The number of nitriles is 1. The number of aryl methyl sites for hydroxylation is 2. The highest BCUT2D eigenvalue weighted by Crippen LogP contribution is 2.54. The summed E-state index contributed by atoms with van der Waals surface area (Å²) in [6.45, 7) is 8.34. The lowest BCUT2D eigenvalue weighted by atomic mass is 9.81. The van der Waals surface area contributed by atoms with Gasteiger partial charge in [-0.05, 0) is 166 Å². The molecule has 4 spiro atoms. The van der Waals surface area contributed by atoms with Gasteiger partial charge in [0.1, 0.15) is 58.3 Å². The Labute approximate surface area is 782 Å². The fraction of sp³-hybridized carbons (Fsp3) is 0.310. The maximum atomic E-state index is 13.8. The van der Waals surface area contributed by atoms with E-state index < -0.39 is 72.3 Å². The standard InChI is InChI=1S/C26H27N3O5.C25H20F3N3O4S.C25H27N3O3.C24H17ClF3N3O2S.H2/c1-17(30)16-33-22-9-8-18(14-23(22)32-3)25(31)29-12-10-26(11-13-29)20-15-27-28(2)24(20)19-6-4-5-7-21(19)34-26;1-36(33,34)21-8-6-16(14-18(21)25(26,27)28)23(32)30-12-10-24(11-13-30)22-9-7-17(15-29)31(22)19-4-2-3-5-20(19)35-24;1-24(2,30)18-10-8-17(9-11-18)23(29)28-14-12-25(13-15-28)20-16-26-27(3)22(20)19-6-4-5-7-21(19)31-25;25-22-29-15-6-5-14(13-18(15)34-22)21(32)30-11-9-23(10-12-30)19-7-8-20(24(26,27)28)31(19)16-3-1-2-4-17(16)33-23;/h4-9,14-15H,10-13,16H2,1-3H3;2-9,14H,10-13H2,1H3;4-11,16,30H,12-15H2,1-3H3;1-8,13H,9-12H2;1H. The Bertz CT molecular complexity index is 7030. The lowest BCUT2D eigenvalue weighted by Gasteiger charge is -2.45. The minimum absolute atomic E-state index is 0. The molecule has 13 heterocycles. The Hall–Kier alpha value is -13.8. The van der Waals surface area contributed by atoms with Crippen LogP contribution in [-0.2, 0) is 69.1 Å². The number of piperidine rings is 4. The van der Waals surface area contributed by atoms with Crippen LogP contribution in [0.25, 0.3) is 44.1 Å². The second kappa shape index (κ2) is 35.3. The molecule has 8 aromatic carbocycles. The van der Waals surface area contributed by atoms with E-state index in [1.54, 1.807) is 104 Å². The monoisotopic (exact) mass is 1900 g/mol. The smallest absolute Gasteiger partial charge is 0.431 e. The molecule has 0 bridgehead atoms. The van der Waals surface area contributed by atoms with Gasteiger partial charge in [0.15, 0.2) is 42.8 Å². The van der Waals surface area contributed by atoms with Crippen molar-refractivity contribution >= 4 is 72.4 Å². The number of sulfone groups is 1. The highest BCUT2D eigenvalue weighted by atomic mass is 35.5. The molecule has 4 fully saturated rings. The summed E-state index contributed by atoms with van der Waals surface area (Å²) in [6.07, 6.45) is -0.694. The molecule has 26 nitrogen and oxygen atoms in total. The number of halogens is 7. The summed E-state index contributed by atoms with van der Waals surface area (Å²) in [7, 11) is 1.28. The van der Waals surface area contributed by atoms with E-state index in [4.69, 9.17) is 40.0 Å². The van der Waals surface area contributed by atoms with E-state index in [0.717, 1.165) is 90.5 Å². The van der Waals surface area contributed by atoms with Crippen molar-refractivity contribution in [1.82, 2.24) is 53.3 Å². The van der Waals surface area contributed by atoms with Crippen molar-refractivity contribution in [2.45, 2.75) is 117 Å². The number of likely N-dealkylation sites (tertiary alicyclic amines) is 4. The van der Waals surface area contributed by atoms with Crippen LogP contribution in [0, 0.1) is 11.3 Å². The first-order chi connectivity index (χ1) is 64.4. The number of fused-ring (bicyclic) bond motifs is 17. The first kappa shape index (κ1) is 91.7. The molecule has 35 heteroatoms. The van der Waals surface area contributed by atoms with E-state index in [2.05, 4.69) is 33.4 Å². The summed E-state index contributed by atoms with van der Waals surface area (Å²) in [6, 6.07) is 58.6. The number of Topliss-reactive ketones (excluding diaryl/α,β-unsaturated/α-hetero) is 1. The largest absolute Gasteiger partial charge is 0.493 e. The summed E-state index contributed by atoms with van der Waals surface area (Å²) >= 11 is 7.29. The predicted molar refractivity (Wildman–Crippen MR) is 490 cm³/mol. The minimum Gasteiger partial charge on any atom is -0.493 e. The number of para-hydroxylation sites is 6. The molecule has 8 aliphatic heterocycles. The lowest BCUT2D eigenvalue weighted by Crippen LogP contribution is -2.50. The van der Waals surface area contributed by atoms with Crippen LogP contribution in [0.15, 0.2) is 217 Å². The number of ketones is 1. The summed E-state index contributed by atoms with van der Waals surface area (Å²) in [5.41, 5.74) is 6.52. The number of benzene rings is 8. The molecule has 13 aromatic rings. The molecular formula is C100H93ClF6N12O14S2. The maximum Gasteiger partial charge on any atom is 0.431 e. The predicted octanol–water partition coefficient (Wildman–Crippen LogP) is 18.3. The average Bonchev–Trinajstić information content (AvgIpc) is 1.53. The summed E-state index contributed by atoms with van der Waals surface area (Å²) in [4.78, 5) is 74.1. The van der Waals surface area contributed by atoms with Gasteiger partial charge in [-0.1, -0.05) is 72.3 Å². The summed E-state index contributed by atoms with van der Waals surface area (Å²) < 4.78 is 151. The number of rotatable bonds is 10. The number of thiazole rings is 1. The van der Waals surface area contributed by atoms with E-state index in [1.165, 1.54) is 40.9 Å². The Morgan fingerprint density at radius 1 is 0.526 bits per heavy atom. The van der Waals surface area contributed by atoms with Gasteiger partial charge in [0.05, 0.1) is 79.9 Å². The van der Waals surface area contributed by atoms with Gasteiger partial charge in [-0.2, -0.15) is 41.8 Å². The third-order valence-corrected chi connectivity index (χ3v) is 28.6. The van der Waals surface area contributed by atoms with Crippen molar-refractivity contribution in [2.24, 2.45) is 14.1 Å². The molecule has 0 aliphatic carbocycles. The maximum absolute atomic E-state index is 13.8. The van der Waals surface area contributed by atoms with E-state index in [0.29, 0.717) is 164 Å². The number of amides is 4. The molecule has 4 amide bonds. The molecule has 0 radical (unpaired) electrons. The molecule has 4 saturated heterocycles. The van der Waals surface area contributed by atoms with Gasteiger partial charge in [0, 0.05) is 170 Å². The zero-order valence-corrected chi connectivity index (χ0v) is 76.7. The number of alkyl halides is 6. The number of aliphatic hydroxyl groups is 1. The van der Waals surface area contributed by atoms with Crippen LogP contribution in [0.4, 0.5) is 26.3 Å². The number of carbonyl (C=O) groups excluding carboxylic acids is 5. The zero-order valence-electron chi connectivity index (χ0n) is 74.3. The van der Waals surface area contributed by atoms with Gasteiger partial charge in [-0.25, -0.2) is 13.4 Å². The van der Waals surface area contributed by atoms with Crippen LogP contribution < -0.4 is 28.4 Å².